The smallest absolute Gasteiger partial charge is 0.226 e. The van der Waals surface area contributed by atoms with Crippen LogP contribution in [0.4, 0.5) is 0 Å². The molecule has 0 saturated carbocycles. The molecule has 2 heterocycles. The molecular weight excluding hydrogens is 348 g/mol. The van der Waals surface area contributed by atoms with Crippen LogP contribution in [0.1, 0.15) is 30.4 Å². The van der Waals surface area contributed by atoms with Crippen molar-refractivity contribution in [2.75, 3.05) is 19.7 Å². The zero-order valence-corrected chi connectivity index (χ0v) is 16.5. The van der Waals surface area contributed by atoms with Crippen LogP contribution in [0.5, 0.6) is 5.75 Å². The molecule has 144 valence electrons. The van der Waals surface area contributed by atoms with Gasteiger partial charge in [-0.05, 0) is 62.2 Å². The van der Waals surface area contributed by atoms with Gasteiger partial charge in [-0.15, -0.1) is 0 Å². The third-order valence-corrected chi connectivity index (χ3v) is 5.16. The highest BCUT2D eigenvalue weighted by molar-refractivity contribution is 5.70. The second-order valence-electron chi connectivity index (χ2n) is 7.20. The van der Waals surface area contributed by atoms with Crippen molar-refractivity contribution in [1.82, 2.24) is 10.3 Å². The summed E-state index contributed by atoms with van der Waals surface area (Å²) in [5.74, 6) is 2.43. The average Bonchev–Trinajstić information content (AvgIpc) is 3.10. The highest BCUT2D eigenvalue weighted by atomic mass is 16.5. The molecule has 0 atom stereocenters. The Hall–Kier alpha value is -2.85. The minimum absolute atomic E-state index is 0.574. The molecule has 4 nitrogen and oxygen atoms in total. The van der Waals surface area contributed by atoms with E-state index in [9.17, 15) is 0 Å². The first-order valence-electron chi connectivity index (χ1n) is 9.85. The maximum Gasteiger partial charge on any atom is 0.226 e. The molecule has 4 heteroatoms. The van der Waals surface area contributed by atoms with Gasteiger partial charge in [-0.3, -0.25) is 0 Å². The lowest BCUT2D eigenvalue weighted by Crippen LogP contribution is -2.23. The quantitative estimate of drug-likeness (QED) is 0.657. The summed E-state index contributed by atoms with van der Waals surface area (Å²) in [5, 5.41) is 3.42. The van der Waals surface area contributed by atoms with Crippen molar-refractivity contribution >= 4 is 5.57 Å². The maximum atomic E-state index is 6.03. The second-order valence-corrected chi connectivity index (χ2v) is 7.20. The first kappa shape index (κ1) is 18.5. The Bertz CT molecular complexity index is 973. The van der Waals surface area contributed by atoms with E-state index in [-0.39, 0.29) is 0 Å². The molecule has 0 amide bonds. The van der Waals surface area contributed by atoms with E-state index >= 15 is 0 Å². The van der Waals surface area contributed by atoms with E-state index in [1.165, 1.54) is 16.7 Å². The van der Waals surface area contributed by atoms with Gasteiger partial charge in [0.05, 0.1) is 12.3 Å². The van der Waals surface area contributed by atoms with Crippen LogP contribution in [-0.4, -0.2) is 24.7 Å². The molecule has 0 unspecified atom stereocenters. The van der Waals surface area contributed by atoms with Crippen LogP contribution in [0.2, 0.25) is 0 Å². The van der Waals surface area contributed by atoms with Gasteiger partial charge in [-0.1, -0.05) is 35.9 Å². The van der Waals surface area contributed by atoms with Gasteiger partial charge in [0.25, 0.3) is 0 Å². The van der Waals surface area contributed by atoms with Crippen molar-refractivity contribution in [3.63, 3.8) is 0 Å². The maximum absolute atomic E-state index is 6.03. The van der Waals surface area contributed by atoms with E-state index in [2.05, 4.69) is 35.4 Å². The molecule has 1 N–H and O–H groups in total. The standard InChI is InChI=1S/C24H26N2O2/c1-17-16-25-13-11-22(17)20-9-6-10-21(15-20)27-14-12-23-18(2)28-24(26-23)19-7-4-3-5-8-19/h3-10,15,25H,11-14,16H2,1-2H3. The van der Waals surface area contributed by atoms with Crippen molar-refractivity contribution < 1.29 is 9.15 Å². The van der Waals surface area contributed by atoms with Crippen LogP contribution in [-0.2, 0) is 6.42 Å². The van der Waals surface area contributed by atoms with Gasteiger partial charge < -0.3 is 14.5 Å². The van der Waals surface area contributed by atoms with Crippen LogP contribution in [0.15, 0.2) is 64.6 Å². The number of hydrogen-bond donors (Lipinski definition) is 1. The lowest BCUT2D eigenvalue weighted by molar-refractivity contribution is 0.320. The molecular formula is C24H26N2O2. The lowest BCUT2D eigenvalue weighted by atomic mass is 9.95. The molecule has 4 rings (SSSR count). The molecule has 28 heavy (non-hydrogen) atoms. The lowest BCUT2D eigenvalue weighted by Gasteiger charge is -2.19. The van der Waals surface area contributed by atoms with Crippen LogP contribution < -0.4 is 10.1 Å². The number of aryl methyl sites for hydroxylation is 1. The topological polar surface area (TPSA) is 47.3 Å². The molecule has 0 spiro atoms. The number of oxazole rings is 1. The normalized spacial score (nSPS) is 14.4. The Balaban J connectivity index is 1.41. The third-order valence-electron chi connectivity index (χ3n) is 5.16. The molecule has 0 aliphatic carbocycles. The van der Waals surface area contributed by atoms with Crippen molar-refractivity contribution in [1.29, 1.82) is 0 Å². The summed E-state index contributed by atoms with van der Waals surface area (Å²) in [5.41, 5.74) is 6.06. The predicted octanol–water partition coefficient (Wildman–Crippen LogP) is 5.04. The summed E-state index contributed by atoms with van der Waals surface area (Å²) in [6.45, 7) is 6.74. The summed E-state index contributed by atoms with van der Waals surface area (Å²) in [6.07, 6.45) is 1.79. The molecule has 0 radical (unpaired) electrons. The van der Waals surface area contributed by atoms with Crippen LogP contribution in [0.3, 0.4) is 0 Å². The SMILES string of the molecule is CC1=C(c2cccc(OCCc3nc(-c4ccccc4)oc3C)c2)CCNC1. The average molecular weight is 374 g/mol. The monoisotopic (exact) mass is 374 g/mol. The zero-order valence-electron chi connectivity index (χ0n) is 16.5. The summed E-state index contributed by atoms with van der Waals surface area (Å²) in [7, 11) is 0. The van der Waals surface area contributed by atoms with Gasteiger partial charge in [0, 0.05) is 18.5 Å². The number of benzene rings is 2. The van der Waals surface area contributed by atoms with Gasteiger partial charge in [0.2, 0.25) is 5.89 Å². The fourth-order valence-electron chi connectivity index (χ4n) is 3.60. The highest BCUT2D eigenvalue weighted by Gasteiger charge is 2.13. The van der Waals surface area contributed by atoms with E-state index in [1.54, 1.807) is 0 Å². The number of aromatic nitrogens is 1. The summed E-state index contributed by atoms with van der Waals surface area (Å²) in [4.78, 5) is 4.65. The number of hydrogen-bond acceptors (Lipinski definition) is 4. The Morgan fingerprint density at radius 2 is 1.86 bits per heavy atom. The van der Waals surface area contributed by atoms with Crippen LogP contribution in [0, 0.1) is 6.92 Å². The fourth-order valence-corrected chi connectivity index (χ4v) is 3.60. The Labute approximate surface area is 166 Å². The van der Waals surface area contributed by atoms with Gasteiger partial charge in [-0.2, -0.15) is 0 Å². The zero-order chi connectivity index (χ0) is 19.3. The molecule has 3 aromatic rings. The first-order valence-corrected chi connectivity index (χ1v) is 9.85. The Morgan fingerprint density at radius 1 is 1.04 bits per heavy atom. The van der Waals surface area contributed by atoms with E-state index < -0.39 is 0 Å². The van der Waals surface area contributed by atoms with Crippen LogP contribution in [0.25, 0.3) is 17.0 Å². The second kappa shape index (κ2) is 8.44. The summed E-state index contributed by atoms with van der Waals surface area (Å²) in [6, 6.07) is 18.4. The Morgan fingerprint density at radius 3 is 2.68 bits per heavy atom. The predicted molar refractivity (Wildman–Crippen MR) is 112 cm³/mol. The van der Waals surface area contributed by atoms with E-state index in [1.807, 2.05) is 43.3 Å². The number of ether oxygens (including phenoxy) is 1. The Kier molecular flexibility index (Phi) is 5.58. The summed E-state index contributed by atoms with van der Waals surface area (Å²) >= 11 is 0. The van der Waals surface area contributed by atoms with Crippen molar-refractivity contribution in [3.8, 4) is 17.2 Å². The minimum Gasteiger partial charge on any atom is -0.493 e. The van der Waals surface area contributed by atoms with Gasteiger partial charge in [0.1, 0.15) is 11.5 Å². The van der Waals surface area contributed by atoms with E-state index in [4.69, 9.17) is 9.15 Å². The number of nitrogens with zero attached hydrogens (tertiary/aromatic N) is 1. The number of nitrogens with one attached hydrogen (secondary N) is 1. The molecule has 1 aromatic heterocycles. The minimum atomic E-state index is 0.574. The van der Waals surface area contributed by atoms with Crippen LogP contribution >= 0.6 is 0 Å². The van der Waals surface area contributed by atoms with Crippen molar-refractivity contribution in [2.45, 2.75) is 26.7 Å². The molecule has 1 aliphatic heterocycles. The van der Waals surface area contributed by atoms with Crippen molar-refractivity contribution in [2.24, 2.45) is 0 Å². The van der Waals surface area contributed by atoms with Gasteiger partial charge in [-0.25, -0.2) is 4.98 Å². The highest BCUT2D eigenvalue weighted by Crippen LogP contribution is 2.27. The molecule has 0 bridgehead atoms. The fraction of sp³-hybridized carbons (Fsp3) is 0.292. The largest absolute Gasteiger partial charge is 0.493 e. The van der Waals surface area contributed by atoms with Gasteiger partial charge in [0.15, 0.2) is 0 Å². The van der Waals surface area contributed by atoms with E-state index in [0.717, 1.165) is 48.7 Å². The third kappa shape index (κ3) is 4.18. The molecule has 0 saturated heterocycles. The van der Waals surface area contributed by atoms with Crippen molar-refractivity contribution in [3.05, 3.63) is 77.2 Å². The molecule has 2 aromatic carbocycles. The van der Waals surface area contributed by atoms with E-state index in [0.29, 0.717) is 12.5 Å². The number of rotatable bonds is 6. The molecule has 0 fully saturated rings. The molecule has 1 aliphatic rings. The first-order chi connectivity index (χ1) is 13.7. The van der Waals surface area contributed by atoms with Gasteiger partial charge >= 0.3 is 0 Å². The summed E-state index contributed by atoms with van der Waals surface area (Å²) < 4.78 is 11.9.